The van der Waals surface area contributed by atoms with Gasteiger partial charge in [0.05, 0.1) is 12.0 Å². The summed E-state index contributed by atoms with van der Waals surface area (Å²) in [5.41, 5.74) is 0. The molecule has 1 heterocycles. The zero-order chi connectivity index (χ0) is 10.7. The van der Waals surface area contributed by atoms with Gasteiger partial charge in [0.2, 0.25) is 0 Å². The van der Waals surface area contributed by atoms with Crippen molar-refractivity contribution < 1.29 is 15.0 Å². The number of aliphatic hydroxyl groups excluding tert-OH is 1. The molecular formula is C10H19NO3. The number of rotatable bonds is 5. The topological polar surface area (TPSA) is 60.8 Å². The van der Waals surface area contributed by atoms with Crippen molar-refractivity contribution >= 4 is 5.97 Å². The second-order valence-corrected chi connectivity index (χ2v) is 4.28. The lowest BCUT2D eigenvalue weighted by Gasteiger charge is -2.41. The highest BCUT2D eigenvalue weighted by atomic mass is 16.4. The molecule has 2 unspecified atom stereocenters. The highest BCUT2D eigenvalue weighted by molar-refractivity contribution is 5.70. The van der Waals surface area contributed by atoms with Crippen molar-refractivity contribution in [2.75, 3.05) is 19.6 Å². The van der Waals surface area contributed by atoms with Gasteiger partial charge in [0.1, 0.15) is 0 Å². The SMILES string of the molecule is CC(O)CCN1CC(C(C)C(=O)O)C1. The second kappa shape index (κ2) is 4.75. The summed E-state index contributed by atoms with van der Waals surface area (Å²) in [7, 11) is 0. The molecule has 0 saturated carbocycles. The van der Waals surface area contributed by atoms with Crippen LogP contribution < -0.4 is 0 Å². The summed E-state index contributed by atoms with van der Waals surface area (Å²) in [4.78, 5) is 12.8. The quantitative estimate of drug-likeness (QED) is 0.676. The Bertz CT molecular complexity index is 200. The fraction of sp³-hybridized carbons (Fsp3) is 0.900. The van der Waals surface area contributed by atoms with Crippen LogP contribution in [0.15, 0.2) is 0 Å². The van der Waals surface area contributed by atoms with Crippen molar-refractivity contribution in [1.82, 2.24) is 4.90 Å². The van der Waals surface area contributed by atoms with Crippen LogP contribution in [0.3, 0.4) is 0 Å². The molecule has 0 spiro atoms. The van der Waals surface area contributed by atoms with Gasteiger partial charge in [-0.05, 0) is 19.3 Å². The molecule has 82 valence electrons. The maximum absolute atomic E-state index is 10.6. The normalized spacial score (nSPS) is 22.8. The van der Waals surface area contributed by atoms with Crippen LogP contribution in [0.4, 0.5) is 0 Å². The van der Waals surface area contributed by atoms with E-state index in [2.05, 4.69) is 4.90 Å². The van der Waals surface area contributed by atoms with Crippen molar-refractivity contribution in [3.8, 4) is 0 Å². The summed E-state index contributed by atoms with van der Waals surface area (Å²) in [6.45, 7) is 6.14. The van der Waals surface area contributed by atoms with Crippen LogP contribution in [0.5, 0.6) is 0 Å². The summed E-state index contributed by atoms with van der Waals surface area (Å²) in [5.74, 6) is -0.649. The predicted octanol–water partition coefficient (Wildman–Crippen LogP) is 0.410. The van der Waals surface area contributed by atoms with Crippen LogP contribution in [0, 0.1) is 11.8 Å². The number of carboxylic acid groups (broad SMARTS) is 1. The van der Waals surface area contributed by atoms with Crippen molar-refractivity contribution in [3.05, 3.63) is 0 Å². The number of hydrogen-bond acceptors (Lipinski definition) is 3. The van der Waals surface area contributed by atoms with Gasteiger partial charge in [-0.3, -0.25) is 4.79 Å². The molecule has 0 bridgehead atoms. The maximum Gasteiger partial charge on any atom is 0.306 e. The Morgan fingerprint density at radius 3 is 2.50 bits per heavy atom. The van der Waals surface area contributed by atoms with Gasteiger partial charge in [-0.1, -0.05) is 6.92 Å². The maximum atomic E-state index is 10.6. The molecule has 0 aromatic carbocycles. The molecule has 0 aliphatic carbocycles. The lowest BCUT2D eigenvalue weighted by molar-refractivity contribution is -0.145. The van der Waals surface area contributed by atoms with Gasteiger partial charge >= 0.3 is 5.97 Å². The van der Waals surface area contributed by atoms with Crippen molar-refractivity contribution in [2.45, 2.75) is 26.4 Å². The molecular weight excluding hydrogens is 182 g/mol. The number of nitrogens with zero attached hydrogens (tertiary/aromatic N) is 1. The molecule has 2 atom stereocenters. The number of hydrogen-bond donors (Lipinski definition) is 2. The standard InChI is InChI=1S/C10H19NO3/c1-7(12)3-4-11-5-9(6-11)8(2)10(13)14/h7-9,12H,3-6H2,1-2H3,(H,13,14). The molecule has 14 heavy (non-hydrogen) atoms. The minimum atomic E-state index is -0.704. The number of aliphatic carboxylic acids is 1. The van der Waals surface area contributed by atoms with E-state index >= 15 is 0 Å². The van der Waals surface area contributed by atoms with Crippen LogP contribution in [0.2, 0.25) is 0 Å². The van der Waals surface area contributed by atoms with Gasteiger partial charge in [-0.25, -0.2) is 0 Å². The summed E-state index contributed by atoms with van der Waals surface area (Å²) in [5, 5.41) is 17.8. The van der Waals surface area contributed by atoms with E-state index in [0.717, 1.165) is 26.1 Å². The van der Waals surface area contributed by atoms with E-state index in [0.29, 0.717) is 5.92 Å². The molecule has 1 rings (SSSR count). The Balaban J connectivity index is 2.14. The van der Waals surface area contributed by atoms with E-state index in [9.17, 15) is 4.79 Å². The molecule has 0 amide bonds. The first-order chi connectivity index (χ1) is 6.50. The van der Waals surface area contributed by atoms with Crippen molar-refractivity contribution in [2.24, 2.45) is 11.8 Å². The molecule has 4 nitrogen and oxygen atoms in total. The summed E-state index contributed by atoms with van der Waals surface area (Å²) in [6.07, 6.45) is 0.514. The Kier molecular flexibility index (Phi) is 3.89. The third-order valence-electron chi connectivity index (χ3n) is 2.95. The van der Waals surface area contributed by atoms with Crippen LogP contribution in [0.1, 0.15) is 20.3 Å². The fourth-order valence-electron chi connectivity index (χ4n) is 1.68. The molecule has 1 aliphatic heterocycles. The highest BCUT2D eigenvalue weighted by Gasteiger charge is 2.34. The average molecular weight is 201 g/mol. The second-order valence-electron chi connectivity index (χ2n) is 4.28. The lowest BCUT2D eigenvalue weighted by atomic mass is 9.87. The van der Waals surface area contributed by atoms with E-state index in [4.69, 9.17) is 10.2 Å². The van der Waals surface area contributed by atoms with E-state index in [1.165, 1.54) is 0 Å². The number of carbonyl (C=O) groups is 1. The number of likely N-dealkylation sites (tertiary alicyclic amines) is 1. The Labute approximate surface area is 84.5 Å². The molecule has 4 heteroatoms. The van der Waals surface area contributed by atoms with Crippen LogP contribution in [-0.2, 0) is 4.79 Å². The molecule has 0 radical (unpaired) electrons. The van der Waals surface area contributed by atoms with Gasteiger partial charge in [0.25, 0.3) is 0 Å². The third-order valence-corrected chi connectivity index (χ3v) is 2.95. The van der Waals surface area contributed by atoms with E-state index in [1.54, 1.807) is 13.8 Å². The zero-order valence-electron chi connectivity index (χ0n) is 8.81. The molecule has 1 saturated heterocycles. The average Bonchev–Trinajstić information content (AvgIpc) is 2.00. The Hall–Kier alpha value is -0.610. The van der Waals surface area contributed by atoms with Crippen LogP contribution in [-0.4, -0.2) is 46.8 Å². The third kappa shape index (κ3) is 2.96. The first-order valence-corrected chi connectivity index (χ1v) is 5.14. The Morgan fingerprint density at radius 2 is 2.07 bits per heavy atom. The van der Waals surface area contributed by atoms with Crippen LogP contribution in [0.25, 0.3) is 0 Å². The largest absolute Gasteiger partial charge is 0.481 e. The van der Waals surface area contributed by atoms with Gasteiger partial charge in [-0.15, -0.1) is 0 Å². The monoisotopic (exact) mass is 201 g/mol. The predicted molar refractivity (Wildman–Crippen MR) is 53.0 cm³/mol. The number of carboxylic acids is 1. The van der Waals surface area contributed by atoms with Crippen molar-refractivity contribution in [1.29, 1.82) is 0 Å². The highest BCUT2D eigenvalue weighted by Crippen LogP contribution is 2.23. The molecule has 1 aliphatic rings. The van der Waals surface area contributed by atoms with E-state index < -0.39 is 5.97 Å². The van der Waals surface area contributed by atoms with Crippen molar-refractivity contribution in [3.63, 3.8) is 0 Å². The molecule has 1 fully saturated rings. The fourth-order valence-corrected chi connectivity index (χ4v) is 1.68. The van der Waals surface area contributed by atoms with E-state index in [-0.39, 0.29) is 12.0 Å². The summed E-state index contributed by atoms with van der Waals surface area (Å²) < 4.78 is 0. The lowest BCUT2D eigenvalue weighted by Crippen LogP contribution is -2.51. The minimum Gasteiger partial charge on any atom is -0.481 e. The van der Waals surface area contributed by atoms with Gasteiger partial charge in [-0.2, -0.15) is 0 Å². The first-order valence-electron chi connectivity index (χ1n) is 5.14. The van der Waals surface area contributed by atoms with Gasteiger partial charge in [0.15, 0.2) is 0 Å². The minimum absolute atomic E-state index is 0.238. The first kappa shape index (κ1) is 11.5. The molecule has 2 N–H and O–H groups in total. The van der Waals surface area contributed by atoms with E-state index in [1.807, 2.05) is 0 Å². The van der Waals surface area contributed by atoms with Gasteiger partial charge < -0.3 is 15.1 Å². The number of aliphatic hydroxyl groups is 1. The Morgan fingerprint density at radius 1 is 1.50 bits per heavy atom. The van der Waals surface area contributed by atoms with Gasteiger partial charge in [0, 0.05) is 19.6 Å². The molecule has 0 aromatic heterocycles. The smallest absolute Gasteiger partial charge is 0.306 e. The molecule has 0 aromatic rings. The summed E-state index contributed by atoms with van der Waals surface area (Å²) in [6, 6.07) is 0. The summed E-state index contributed by atoms with van der Waals surface area (Å²) >= 11 is 0. The zero-order valence-corrected chi connectivity index (χ0v) is 8.81. The van der Waals surface area contributed by atoms with Crippen LogP contribution >= 0.6 is 0 Å².